The van der Waals surface area contributed by atoms with E-state index in [-0.39, 0.29) is 6.79 Å². The van der Waals surface area contributed by atoms with Gasteiger partial charge in [-0.3, -0.25) is 0 Å². The molecule has 0 rings (SSSR count). The molecule has 0 amide bonds. The maximum absolute atomic E-state index is 10.6. The Morgan fingerprint density at radius 3 is 2.67 bits per heavy atom. The lowest BCUT2D eigenvalue weighted by atomic mass is 10.6. The van der Waals surface area contributed by atoms with Gasteiger partial charge in [-0.25, -0.2) is 4.79 Å². The van der Waals surface area contributed by atoms with Gasteiger partial charge in [-0.15, -0.1) is 0 Å². The normalized spacial score (nSPS) is 10.2. The standard InChI is InChI=1S/C8H14O4/c1-3-10-7-11-6-5-8(9)12-4-2/h5-6H,3-4,7H2,1-2H3/b6-5+. The third-order valence-electron chi connectivity index (χ3n) is 0.942. The van der Waals surface area contributed by atoms with Crippen LogP contribution in [0.4, 0.5) is 0 Å². The molecule has 0 saturated heterocycles. The first-order chi connectivity index (χ1) is 5.81. The lowest BCUT2D eigenvalue weighted by molar-refractivity contribution is -0.137. The van der Waals surface area contributed by atoms with E-state index < -0.39 is 5.97 Å². The van der Waals surface area contributed by atoms with Crippen LogP contribution in [0.25, 0.3) is 0 Å². The molecule has 0 unspecified atom stereocenters. The summed E-state index contributed by atoms with van der Waals surface area (Å²) in [4.78, 5) is 10.6. The van der Waals surface area contributed by atoms with E-state index in [0.717, 1.165) is 0 Å². The van der Waals surface area contributed by atoms with E-state index in [4.69, 9.17) is 9.47 Å². The fourth-order valence-corrected chi connectivity index (χ4v) is 0.465. The second-order valence-corrected chi connectivity index (χ2v) is 1.83. The zero-order valence-corrected chi connectivity index (χ0v) is 7.41. The first-order valence-electron chi connectivity index (χ1n) is 3.83. The van der Waals surface area contributed by atoms with Crippen molar-refractivity contribution in [3.05, 3.63) is 12.3 Å². The SMILES string of the molecule is CCOCO/C=C/C(=O)OCC. The Labute approximate surface area is 72.1 Å². The highest BCUT2D eigenvalue weighted by Crippen LogP contribution is 1.83. The molecule has 0 aromatic rings. The molecule has 0 heterocycles. The fourth-order valence-electron chi connectivity index (χ4n) is 0.465. The van der Waals surface area contributed by atoms with Crippen molar-refractivity contribution in [3.8, 4) is 0 Å². The maximum atomic E-state index is 10.6. The van der Waals surface area contributed by atoms with Gasteiger partial charge in [-0.05, 0) is 13.8 Å². The van der Waals surface area contributed by atoms with Crippen molar-refractivity contribution in [2.75, 3.05) is 20.0 Å². The number of ether oxygens (including phenoxy) is 3. The van der Waals surface area contributed by atoms with Crippen molar-refractivity contribution in [3.63, 3.8) is 0 Å². The van der Waals surface area contributed by atoms with E-state index in [1.807, 2.05) is 6.92 Å². The lowest BCUT2D eigenvalue weighted by Crippen LogP contribution is -2.00. The van der Waals surface area contributed by atoms with E-state index in [0.29, 0.717) is 13.2 Å². The van der Waals surface area contributed by atoms with Crippen LogP contribution in [0.1, 0.15) is 13.8 Å². The Morgan fingerprint density at radius 1 is 1.33 bits per heavy atom. The van der Waals surface area contributed by atoms with Gasteiger partial charge in [0.2, 0.25) is 0 Å². The molecule has 0 aromatic carbocycles. The molecule has 70 valence electrons. The van der Waals surface area contributed by atoms with E-state index in [1.54, 1.807) is 6.92 Å². The molecule has 0 fully saturated rings. The van der Waals surface area contributed by atoms with Crippen molar-refractivity contribution < 1.29 is 19.0 Å². The highest BCUT2D eigenvalue weighted by atomic mass is 16.7. The van der Waals surface area contributed by atoms with Crippen LogP contribution in [0.15, 0.2) is 12.3 Å². The van der Waals surface area contributed by atoms with Crippen molar-refractivity contribution in [1.82, 2.24) is 0 Å². The minimum absolute atomic E-state index is 0.159. The Morgan fingerprint density at radius 2 is 2.08 bits per heavy atom. The molecule has 12 heavy (non-hydrogen) atoms. The summed E-state index contributed by atoms with van der Waals surface area (Å²) in [5, 5.41) is 0. The molecule has 4 heteroatoms. The van der Waals surface area contributed by atoms with Crippen LogP contribution in [0, 0.1) is 0 Å². The summed E-state index contributed by atoms with van der Waals surface area (Å²) in [5.41, 5.74) is 0. The molecule has 4 nitrogen and oxygen atoms in total. The average molecular weight is 174 g/mol. The topological polar surface area (TPSA) is 44.8 Å². The lowest BCUT2D eigenvalue weighted by Gasteiger charge is -1.99. The largest absolute Gasteiger partial charge is 0.475 e. The van der Waals surface area contributed by atoms with Crippen LogP contribution in [0.5, 0.6) is 0 Å². The van der Waals surface area contributed by atoms with Gasteiger partial charge in [-0.1, -0.05) is 0 Å². The third-order valence-corrected chi connectivity index (χ3v) is 0.942. The van der Waals surface area contributed by atoms with E-state index in [2.05, 4.69) is 4.74 Å². The molecule has 0 saturated carbocycles. The summed E-state index contributed by atoms with van der Waals surface area (Å²) in [6.07, 6.45) is 2.47. The first-order valence-corrected chi connectivity index (χ1v) is 3.83. The van der Waals surface area contributed by atoms with E-state index >= 15 is 0 Å². The molecule has 0 aliphatic rings. The quantitative estimate of drug-likeness (QED) is 0.199. The molecule has 0 N–H and O–H groups in total. The van der Waals surface area contributed by atoms with Gasteiger partial charge >= 0.3 is 5.97 Å². The Kier molecular flexibility index (Phi) is 7.38. The number of carbonyl (C=O) groups is 1. The molecule has 0 bridgehead atoms. The molecule has 0 spiro atoms. The van der Waals surface area contributed by atoms with Crippen LogP contribution in [-0.2, 0) is 19.0 Å². The average Bonchev–Trinajstić information content (AvgIpc) is 2.05. The van der Waals surface area contributed by atoms with Crippen LogP contribution < -0.4 is 0 Å². The van der Waals surface area contributed by atoms with Gasteiger partial charge in [0.25, 0.3) is 0 Å². The molecule has 0 aliphatic heterocycles. The zero-order valence-electron chi connectivity index (χ0n) is 7.41. The summed E-state index contributed by atoms with van der Waals surface area (Å²) >= 11 is 0. The van der Waals surface area contributed by atoms with Gasteiger partial charge in [0.15, 0.2) is 6.79 Å². The van der Waals surface area contributed by atoms with Crippen molar-refractivity contribution >= 4 is 5.97 Å². The predicted octanol–water partition coefficient (Wildman–Crippen LogP) is 1.07. The van der Waals surface area contributed by atoms with Crippen LogP contribution in [-0.4, -0.2) is 26.0 Å². The van der Waals surface area contributed by atoms with Crippen LogP contribution in [0.2, 0.25) is 0 Å². The highest BCUT2D eigenvalue weighted by molar-refractivity contribution is 5.81. The van der Waals surface area contributed by atoms with Crippen molar-refractivity contribution in [1.29, 1.82) is 0 Å². The highest BCUT2D eigenvalue weighted by Gasteiger charge is 1.91. The third kappa shape index (κ3) is 7.08. The monoisotopic (exact) mass is 174 g/mol. The Hall–Kier alpha value is -1.03. The number of hydrogen-bond acceptors (Lipinski definition) is 4. The summed E-state index contributed by atoms with van der Waals surface area (Å²) in [6, 6.07) is 0. The summed E-state index contributed by atoms with van der Waals surface area (Å²) in [6.45, 7) is 4.72. The van der Waals surface area contributed by atoms with Gasteiger partial charge in [-0.2, -0.15) is 0 Å². The number of carbonyl (C=O) groups excluding carboxylic acids is 1. The molecule has 0 aliphatic carbocycles. The number of rotatable bonds is 6. The first kappa shape index (κ1) is 11.0. The summed E-state index contributed by atoms with van der Waals surface area (Å²) in [5.74, 6) is -0.408. The predicted molar refractivity (Wildman–Crippen MR) is 43.4 cm³/mol. The fraction of sp³-hybridized carbons (Fsp3) is 0.625. The molecule has 0 radical (unpaired) electrons. The van der Waals surface area contributed by atoms with Gasteiger partial charge in [0.05, 0.1) is 18.9 Å². The second kappa shape index (κ2) is 8.07. The molecular formula is C8H14O4. The molecule has 0 atom stereocenters. The van der Waals surface area contributed by atoms with Crippen molar-refractivity contribution in [2.45, 2.75) is 13.8 Å². The Balaban J connectivity index is 3.29. The van der Waals surface area contributed by atoms with Gasteiger partial charge < -0.3 is 14.2 Å². The summed E-state index contributed by atoms with van der Waals surface area (Å²) < 4.78 is 14.2. The maximum Gasteiger partial charge on any atom is 0.333 e. The van der Waals surface area contributed by atoms with E-state index in [9.17, 15) is 4.79 Å². The number of hydrogen-bond donors (Lipinski definition) is 0. The van der Waals surface area contributed by atoms with Crippen molar-refractivity contribution in [2.24, 2.45) is 0 Å². The zero-order chi connectivity index (χ0) is 9.23. The Bertz CT molecular complexity index is 142. The smallest absolute Gasteiger partial charge is 0.333 e. The van der Waals surface area contributed by atoms with E-state index in [1.165, 1.54) is 12.3 Å². The minimum atomic E-state index is -0.408. The van der Waals surface area contributed by atoms with Crippen LogP contribution >= 0.6 is 0 Å². The van der Waals surface area contributed by atoms with Gasteiger partial charge in [0.1, 0.15) is 0 Å². The molecule has 0 aromatic heterocycles. The second-order valence-electron chi connectivity index (χ2n) is 1.83. The van der Waals surface area contributed by atoms with Crippen LogP contribution in [0.3, 0.4) is 0 Å². The van der Waals surface area contributed by atoms with Gasteiger partial charge in [0, 0.05) is 6.61 Å². The molecular weight excluding hydrogens is 160 g/mol. The number of esters is 1. The summed E-state index contributed by atoms with van der Waals surface area (Å²) in [7, 11) is 0. The minimum Gasteiger partial charge on any atom is -0.475 e.